The average Bonchev–Trinajstić information content (AvgIpc) is 2.86. The molecule has 0 aliphatic heterocycles. The van der Waals surface area contributed by atoms with Crippen LogP contribution in [0.4, 0.5) is 0 Å². The smallest absolute Gasteiger partial charge is 0.326 e. The number of amides is 3. The minimum atomic E-state index is -1.18. The van der Waals surface area contributed by atoms with E-state index in [1.807, 2.05) is 12.3 Å². The molecule has 0 fully saturated rings. The van der Waals surface area contributed by atoms with E-state index in [4.69, 9.17) is 17.2 Å². The first-order valence-electron chi connectivity index (χ1n) is 12.4. The molecule has 0 aliphatic carbocycles. The summed E-state index contributed by atoms with van der Waals surface area (Å²) in [7, 11) is 0. The highest BCUT2D eigenvalue weighted by atomic mass is 32.2. The Balaban J connectivity index is 3.13. The van der Waals surface area contributed by atoms with E-state index < -0.39 is 47.9 Å². The second-order valence-electron chi connectivity index (χ2n) is 9.22. The van der Waals surface area contributed by atoms with E-state index in [1.165, 1.54) is 0 Å². The lowest BCUT2D eigenvalue weighted by Crippen LogP contribution is -2.58. The van der Waals surface area contributed by atoms with Crippen molar-refractivity contribution in [3.05, 3.63) is 35.9 Å². The first-order valence-corrected chi connectivity index (χ1v) is 13.8. The molecule has 1 aromatic carbocycles. The van der Waals surface area contributed by atoms with Crippen LogP contribution in [0.5, 0.6) is 0 Å². The first kappa shape index (κ1) is 32.7. The minimum absolute atomic E-state index is 0.0909. The van der Waals surface area contributed by atoms with Crippen molar-refractivity contribution in [3.63, 3.8) is 0 Å². The van der Waals surface area contributed by atoms with Crippen LogP contribution in [-0.4, -0.2) is 77.5 Å². The third kappa shape index (κ3) is 12.3. The Kier molecular flexibility index (Phi) is 14.8. The van der Waals surface area contributed by atoms with Gasteiger partial charge < -0.3 is 38.3 Å². The lowest BCUT2D eigenvalue weighted by molar-refractivity contribution is -0.143. The number of hydrogen-bond donors (Lipinski definition) is 7. The molecule has 3 amide bonds. The van der Waals surface area contributed by atoms with Gasteiger partial charge in [-0.3, -0.25) is 19.4 Å². The molecule has 4 atom stereocenters. The van der Waals surface area contributed by atoms with Crippen molar-refractivity contribution in [1.82, 2.24) is 16.0 Å². The van der Waals surface area contributed by atoms with Crippen LogP contribution in [0.15, 0.2) is 35.3 Å². The summed E-state index contributed by atoms with van der Waals surface area (Å²) in [6.07, 6.45) is 3.01. The monoisotopic (exact) mass is 551 g/mol. The zero-order valence-electron chi connectivity index (χ0n) is 22.2. The first-order chi connectivity index (χ1) is 18.0. The molecule has 13 heteroatoms. The van der Waals surface area contributed by atoms with Crippen LogP contribution in [-0.2, 0) is 25.6 Å². The van der Waals surface area contributed by atoms with Gasteiger partial charge in [-0.1, -0.05) is 44.2 Å². The number of hydrogen-bond acceptors (Lipinski definition) is 7. The predicted octanol–water partition coefficient (Wildman–Crippen LogP) is -0.442. The maximum Gasteiger partial charge on any atom is 0.326 e. The fourth-order valence-electron chi connectivity index (χ4n) is 3.53. The van der Waals surface area contributed by atoms with Crippen molar-refractivity contribution in [2.24, 2.45) is 28.1 Å². The summed E-state index contributed by atoms with van der Waals surface area (Å²) in [5, 5.41) is 17.4. The molecule has 0 radical (unpaired) electrons. The molecule has 38 heavy (non-hydrogen) atoms. The third-order valence-corrected chi connectivity index (χ3v) is 6.34. The number of benzene rings is 1. The Morgan fingerprint density at radius 2 is 1.55 bits per heavy atom. The number of carbonyl (C=O) groups is 4. The summed E-state index contributed by atoms with van der Waals surface area (Å²) in [5.74, 6) is -2.71. The molecule has 0 saturated heterocycles. The van der Waals surface area contributed by atoms with Crippen LogP contribution >= 0.6 is 11.8 Å². The molecule has 1 aromatic rings. The molecular formula is C25H41N7O5S. The highest BCUT2D eigenvalue weighted by Gasteiger charge is 2.31. The van der Waals surface area contributed by atoms with Gasteiger partial charge in [-0.25, -0.2) is 4.79 Å². The van der Waals surface area contributed by atoms with Gasteiger partial charge in [-0.2, -0.15) is 11.8 Å². The topological polar surface area (TPSA) is 215 Å². The summed E-state index contributed by atoms with van der Waals surface area (Å²) in [6.45, 7) is 3.58. The number of nitrogens with two attached hydrogens (primary N) is 3. The number of carboxylic acids is 1. The Morgan fingerprint density at radius 1 is 0.947 bits per heavy atom. The van der Waals surface area contributed by atoms with E-state index >= 15 is 0 Å². The Morgan fingerprint density at radius 3 is 2.11 bits per heavy atom. The van der Waals surface area contributed by atoms with Crippen molar-refractivity contribution in [2.75, 3.05) is 18.6 Å². The SMILES string of the molecule is CSCCC(N)C(=O)NC(CCCN=C(N)N)C(=O)NC(Cc1ccccc1)C(=O)NC(C(=O)O)C(C)C. The van der Waals surface area contributed by atoms with E-state index in [1.54, 1.807) is 49.9 Å². The molecule has 0 spiro atoms. The maximum absolute atomic E-state index is 13.3. The van der Waals surface area contributed by atoms with Crippen molar-refractivity contribution in [1.29, 1.82) is 0 Å². The molecule has 0 aromatic heterocycles. The Bertz CT molecular complexity index is 941. The maximum atomic E-state index is 13.3. The number of aliphatic carboxylic acids is 1. The van der Waals surface area contributed by atoms with Crippen LogP contribution in [0.1, 0.15) is 38.7 Å². The van der Waals surface area contributed by atoms with Crippen LogP contribution in [0, 0.1) is 5.92 Å². The number of carboxylic acid groups (broad SMARTS) is 1. The second kappa shape index (κ2) is 17.2. The summed E-state index contributed by atoms with van der Waals surface area (Å²) in [5.41, 5.74) is 17.5. The lowest BCUT2D eigenvalue weighted by atomic mass is 10.0. The average molecular weight is 552 g/mol. The second-order valence-corrected chi connectivity index (χ2v) is 10.2. The van der Waals surface area contributed by atoms with Crippen molar-refractivity contribution in [3.8, 4) is 0 Å². The summed E-state index contributed by atoms with van der Waals surface area (Å²) in [4.78, 5) is 54.7. The van der Waals surface area contributed by atoms with Gasteiger partial charge in [0.05, 0.1) is 6.04 Å². The van der Waals surface area contributed by atoms with Gasteiger partial charge >= 0.3 is 5.97 Å². The molecule has 4 unspecified atom stereocenters. The van der Waals surface area contributed by atoms with Crippen LogP contribution in [0.25, 0.3) is 0 Å². The van der Waals surface area contributed by atoms with Gasteiger partial charge in [0.25, 0.3) is 0 Å². The molecular weight excluding hydrogens is 510 g/mol. The fraction of sp³-hybridized carbons (Fsp3) is 0.560. The fourth-order valence-corrected chi connectivity index (χ4v) is 4.02. The molecule has 0 heterocycles. The van der Waals surface area contributed by atoms with E-state index in [9.17, 15) is 24.3 Å². The van der Waals surface area contributed by atoms with Gasteiger partial charge in [-0.15, -0.1) is 0 Å². The quantitative estimate of drug-likeness (QED) is 0.0757. The standard InChI is InChI=1S/C25H41N7O5S/c1-15(2)20(24(36)37)32-23(35)19(14-16-8-5-4-6-9-16)31-22(34)18(10-7-12-29-25(27)28)30-21(33)17(26)11-13-38-3/h4-6,8-9,15,17-20H,7,10-14,26H2,1-3H3,(H,30,33)(H,31,34)(H,32,35)(H,36,37)(H4,27,28,29). The number of guanidine groups is 1. The number of rotatable bonds is 17. The summed E-state index contributed by atoms with van der Waals surface area (Å²) < 4.78 is 0. The molecule has 0 saturated carbocycles. The van der Waals surface area contributed by atoms with Crippen molar-refractivity contribution >= 4 is 41.4 Å². The lowest BCUT2D eigenvalue weighted by Gasteiger charge is -2.26. The number of nitrogens with one attached hydrogen (secondary N) is 3. The predicted molar refractivity (Wildman–Crippen MR) is 149 cm³/mol. The van der Waals surface area contributed by atoms with Crippen LogP contribution < -0.4 is 33.2 Å². The van der Waals surface area contributed by atoms with Gasteiger partial charge in [0.1, 0.15) is 18.1 Å². The number of nitrogens with zero attached hydrogens (tertiary/aromatic N) is 1. The highest BCUT2D eigenvalue weighted by molar-refractivity contribution is 7.98. The number of aliphatic imine (C=N–C) groups is 1. The zero-order chi connectivity index (χ0) is 28.7. The molecule has 212 valence electrons. The van der Waals surface area contributed by atoms with Crippen molar-refractivity contribution in [2.45, 2.75) is 63.7 Å². The minimum Gasteiger partial charge on any atom is -0.480 e. The van der Waals surface area contributed by atoms with E-state index in [-0.39, 0.29) is 31.3 Å². The number of carbonyl (C=O) groups excluding carboxylic acids is 3. The molecule has 1 rings (SSSR count). The van der Waals surface area contributed by atoms with Gasteiger partial charge in [0.15, 0.2) is 5.96 Å². The van der Waals surface area contributed by atoms with Gasteiger partial charge in [-0.05, 0) is 42.8 Å². The summed E-state index contributed by atoms with van der Waals surface area (Å²) in [6, 6.07) is 4.95. The van der Waals surface area contributed by atoms with Gasteiger partial charge in [0, 0.05) is 13.0 Å². The number of thioether (sulfide) groups is 1. The Hall–Kier alpha value is -3.32. The molecule has 10 N–H and O–H groups in total. The van der Waals surface area contributed by atoms with Crippen LogP contribution in [0.3, 0.4) is 0 Å². The molecule has 0 aliphatic rings. The molecule has 0 bridgehead atoms. The van der Waals surface area contributed by atoms with Crippen LogP contribution in [0.2, 0.25) is 0 Å². The summed E-state index contributed by atoms with van der Waals surface area (Å²) >= 11 is 1.55. The molecule has 12 nitrogen and oxygen atoms in total. The largest absolute Gasteiger partial charge is 0.480 e. The van der Waals surface area contributed by atoms with E-state index in [0.29, 0.717) is 18.6 Å². The van der Waals surface area contributed by atoms with E-state index in [0.717, 1.165) is 5.56 Å². The Labute approximate surface area is 227 Å². The highest BCUT2D eigenvalue weighted by Crippen LogP contribution is 2.09. The normalized spacial score (nSPS) is 14.0. The third-order valence-electron chi connectivity index (χ3n) is 5.69. The van der Waals surface area contributed by atoms with Crippen molar-refractivity contribution < 1.29 is 24.3 Å². The zero-order valence-corrected chi connectivity index (χ0v) is 23.0. The van der Waals surface area contributed by atoms with E-state index in [2.05, 4.69) is 20.9 Å². The van der Waals surface area contributed by atoms with Gasteiger partial charge in [0.2, 0.25) is 17.7 Å².